The van der Waals surface area contributed by atoms with Crippen LogP contribution in [0, 0.1) is 0 Å². The Labute approximate surface area is 84.7 Å². The van der Waals surface area contributed by atoms with Crippen molar-refractivity contribution in [2.75, 3.05) is 0 Å². The van der Waals surface area contributed by atoms with Gasteiger partial charge in [0.1, 0.15) is 5.69 Å². The number of nitrogens with one attached hydrogen (secondary N) is 1. The molecule has 1 amide bonds. The van der Waals surface area contributed by atoms with Crippen LogP contribution >= 0.6 is 0 Å². The van der Waals surface area contributed by atoms with Crippen LogP contribution in [0.2, 0.25) is 0 Å². The van der Waals surface area contributed by atoms with E-state index in [1.807, 2.05) is 23.1 Å². The van der Waals surface area contributed by atoms with Crippen LogP contribution in [0.25, 0.3) is 5.65 Å². The molecule has 2 rings (SSSR count). The van der Waals surface area contributed by atoms with Gasteiger partial charge in [-0.2, -0.15) is 5.10 Å². The lowest BCUT2D eigenvalue weighted by molar-refractivity contribution is 0.200. The quantitative estimate of drug-likeness (QED) is 0.558. The van der Waals surface area contributed by atoms with Crippen molar-refractivity contribution in [3.8, 4) is 0 Å². The van der Waals surface area contributed by atoms with Crippen LogP contribution in [0.3, 0.4) is 0 Å². The Kier molecular flexibility index (Phi) is 2.13. The first-order chi connectivity index (χ1) is 7.18. The number of carbonyl (C=O) groups is 1. The van der Waals surface area contributed by atoms with E-state index in [0.717, 1.165) is 12.0 Å². The summed E-state index contributed by atoms with van der Waals surface area (Å²) in [6, 6.07) is 0. The Morgan fingerprint density at radius 2 is 2.47 bits per heavy atom. The third kappa shape index (κ3) is 1.66. The number of aromatic nitrogens is 3. The van der Waals surface area contributed by atoms with Crippen molar-refractivity contribution < 1.29 is 9.90 Å². The molecule has 0 aliphatic rings. The van der Waals surface area contributed by atoms with Gasteiger partial charge in [-0.05, 0) is 0 Å². The summed E-state index contributed by atoms with van der Waals surface area (Å²) >= 11 is 0. The second-order valence-corrected chi connectivity index (χ2v) is 2.91. The molecule has 0 saturated carbocycles. The lowest BCUT2D eigenvalue weighted by Gasteiger charge is -1.92. The summed E-state index contributed by atoms with van der Waals surface area (Å²) in [5, 5.41) is 14.4. The molecule has 78 valence electrons. The number of aliphatic imine (C=N–C) groups is 1. The predicted molar refractivity (Wildman–Crippen MR) is 53.5 cm³/mol. The Hall–Kier alpha value is -2.31. The van der Waals surface area contributed by atoms with Gasteiger partial charge in [-0.15, -0.1) is 0 Å². The molecule has 2 aromatic rings. The fraction of sp³-hybridized carbons (Fsp3) is 0.125. The standard InChI is InChI=1S/C8H9N5O2/c1-12-2-3-13-7(12)6(4-11-13)9-5-10-8(14)15/h2-5H,1H3,(H,9,10)(H,14,15). The van der Waals surface area contributed by atoms with Gasteiger partial charge in [-0.3, -0.25) is 5.32 Å². The van der Waals surface area contributed by atoms with Gasteiger partial charge in [-0.1, -0.05) is 0 Å². The van der Waals surface area contributed by atoms with E-state index in [1.54, 1.807) is 16.9 Å². The molecule has 0 aromatic carbocycles. The van der Waals surface area contributed by atoms with Gasteiger partial charge in [0, 0.05) is 19.4 Å². The second kappa shape index (κ2) is 3.45. The summed E-state index contributed by atoms with van der Waals surface area (Å²) in [4.78, 5) is 14.1. The fourth-order valence-electron chi connectivity index (χ4n) is 1.28. The maximum atomic E-state index is 10.2. The second-order valence-electron chi connectivity index (χ2n) is 2.91. The zero-order valence-electron chi connectivity index (χ0n) is 7.95. The molecule has 15 heavy (non-hydrogen) atoms. The van der Waals surface area contributed by atoms with Crippen molar-refractivity contribution in [1.82, 2.24) is 19.5 Å². The van der Waals surface area contributed by atoms with Crippen LogP contribution < -0.4 is 5.32 Å². The lowest BCUT2D eigenvalue weighted by atomic mass is 10.5. The van der Waals surface area contributed by atoms with E-state index < -0.39 is 6.09 Å². The number of hydrogen-bond acceptors (Lipinski definition) is 3. The van der Waals surface area contributed by atoms with Crippen LogP contribution in [0.4, 0.5) is 10.5 Å². The van der Waals surface area contributed by atoms with Gasteiger partial charge in [0.15, 0.2) is 5.65 Å². The predicted octanol–water partition coefficient (Wildman–Crippen LogP) is 0.600. The summed E-state index contributed by atoms with van der Waals surface area (Å²) in [6.45, 7) is 0. The monoisotopic (exact) mass is 207 g/mol. The molecule has 0 aliphatic heterocycles. The Balaban J connectivity index is 2.31. The molecule has 0 unspecified atom stereocenters. The molecule has 0 atom stereocenters. The first kappa shape index (κ1) is 9.25. The van der Waals surface area contributed by atoms with E-state index in [9.17, 15) is 4.79 Å². The molecule has 7 heteroatoms. The van der Waals surface area contributed by atoms with E-state index in [2.05, 4.69) is 10.1 Å². The molecule has 0 aliphatic carbocycles. The highest BCUT2D eigenvalue weighted by molar-refractivity contribution is 5.83. The largest absolute Gasteiger partial charge is 0.465 e. The molecule has 2 heterocycles. The molecular formula is C8H9N5O2. The van der Waals surface area contributed by atoms with Crippen molar-refractivity contribution in [2.24, 2.45) is 12.0 Å². The summed E-state index contributed by atoms with van der Waals surface area (Å²) in [5.74, 6) is 0. The third-order valence-corrected chi connectivity index (χ3v) is 1.91. The van der Waals surface area contributed by atoms with Crippen molar-refractivity contribution in [1.29, 1.82) is 0 Å². The van der Waals surface area contributed by atoms with Crippen LogP contribution in [0.5, 0.6) is 0 Å². The average molecular weight is 207 g/mol. The summed E-state index contributed by atoms with van der Waals surface area (Å²) in [6.07, 6.45) is 5.17. The number of fused-ring (bicyclic) bond motifs is 1. The Bertz CT molecular complexity index is 524. The number of amides is 1. The SMILES string of the molecule is Cn1ccn2ncc(N=CNC(=O)O)c12. The molecule has 0 radical (unpaired) electrons. The van der Waals surface area contributed by atoms with Gasteiger partial charge in [0.05, 0.1) is 12.5 Å². The number of carboxylic acid groups (broad SMARTS) is 1. The summed E-state index contributed by atoms with van der Waals surface area (Å²) in [7, 11) is 1.86. The molecule has 2 N–H and O–H groups in total. The minimum absolute atomic E-state index is 0.608. The summed E-state index contributed by atoms with van der Waals surface area (Å²) < 4.78 is 3.51. The summed E-state index contributed by atoms with van der Waals surface area (Å²) in [5.41, 5.74) is 1.41. The smallest absolute Gasteiger partial charge is 0.409 e. The number of hydrogen-bond donors (Lipinski definition) is 2. The molecule has 7 nitrogen and oxygen atoms in total. The minimum Gasteiger partial charge on any atom is -0.465 e. The first-order valence-corrected chi connectivity index (χ1v) is 4.19. The van der Waals surface area contributed by atoms with Gasteiger partial charge in [-0.25, -0.2) is 14.3 Å². The van der Waals surface area contributed by atoms with E-state index in [4.69, 9.17) is 5.11 Å². The average Bonchev–Trinajstić information content (AvgIpc) is 2.71. The highest BCUT2D eigenvalue weighted by atomic mass is 16.4. The minimum atomic E-state index is -1.14. The number of nitrogens with zero attached hydrogens (tertiary/aromatic N) is 4. The van der Waals surface area contributed by atoms with Crippen LogP contribution in [0.15, 0.2) is 23.6 Å². The first-order valence-electron chi connectivity index (χ1n) is 4.19. The fourth-order valence-corrected chi connectivity index (χ4v) is 1.28. The molecule has 0 bridgehead atoms. The van der Waals surface area contributed by atoms with Gasteiger partial charge >= 0.3 is 6.09 Å². The lowest BCUT2D eigenvalue weighted by Crippen LogP contribution is -2.17. The highest BCUT2D eigenvalue weighted by Gasteiger charge is 2.04. The normalized spacial score (nSPS) is 11.3. The molecule has 0 spiro atoms. The Morgan fingerprint density at radius 3 is 3.20 bits per heavy atom. The van der Waals surface area contributed by atoms with E-state index in [-0.39, 0.29) is 0 Å². The zero-order valence-corrected chi connectivity index (χ0v) is 7.95. The topological polar surface area (TPSA) is 83.9 Å². The highest BCUT2D eigenvalue weighted by Crippen LogP contribution is 2.18. The van der Waals surface area contributed by atoms with Gasteiger partial charge in [0.2, 0.25) is 0 Å². The van der Waals surface area contributed by atoms with Crippen molar-refractivity contribution in [2.45, 2.75) is 0 Å². The van der Waals surface area contributed by atoms with Crippen molar-refractivity contribution >= 4 is 23.8 Å². The van der Waals surface area contributed by atoms with Crippen LogP contribution in [-0.4, -0.2) is 31.7 Å². The van der Waals surface area contributed by atoms with Crippen LogP contribution in [-0.2, 0) is 7.05 Å². The van der Waals surface area contributed by atoms with E-state index in [1.165, 1.54) is 0 Å². The van der Waals surface area contributed by atoms with Gasteiger partial charge in [0.25, 0.3) is 0 Å². The third-order valence-electron chi connectivity index (χ3n) is 1.91. The zero-order chi connectivity index (χ0) is 10.8. The maximum absolute atomic E-state index is 10.2. The molecule has 0 saturated heterocycles. The molecule has 2 aromatic heterocycles. The van der Waals surface area contributed by atoms with Crippen molar-refractivity contribution in [3.63, 3.8) is 0 Å². The van der Waals surface area contributed by atoms with Crippen molar-refractivity contribution in [3.05, 3.63) is 18.6 Å². The molecular weight excluding hydrogens is 198 g/mol. The van der Waals surface area contributed by atoms with Gasteiger partial charge < -0.3 is 9.67 Å². The number of aryl methyl sites for hydroxylation is 1. The van der Waals surface area contributed by atoms with Crippen LogP contribution in [0.1, 0.15) is 0 Å². The van der Waals surface area contributed by atoms with E-state index >= 15 is 0 Å². The van der Waals surface area contributed by atoms with E-state index in [0.29, 0.717) is 5.69 Å². The number of imidazole rings is 1. The maximum Gasteiger partial charge on any atom is 0.409 e. The number of rotatable bonds is 2. The molecule has 0 fully saturated rings. The Morgan fingerprint density at radius 1 is 1.67 bits per heavy atom.